The third-order valence-electron chi connectivity index (χ3n) is 7.37. The third-order valence-corrected chi connectivity index (χ3v) is 7.37. The van der Waals surface area contributed by atoms with Gasteiger partial charge in [0.15, 0.2) is 0 Å². The second-order valence-corrected chi connectivity index (χ2v) is 11.2. The highest BCUT2D eigenvalue weighted by atomic mass is 16.6. The van der Waals surface area contributed by atoms with Gasteiger partial charge in [0.05, 0.1) is 18.6 Å². The van der Waals surface area contributed by atoms with Crippen LogP contribution < -0.4 is 4.74 Å². The Morgan fingerprint density at radius 2 is 1.75 bits per heavy atom. The van der Waals surface area contributed by atoms with Crippen molar-refractivity contribution >= 4 is 11.9 Å². The van der Waals surface area contributed by atoms with Crippen LogP contribution in [0.3, 0.4) is 0 Å². The number of carbonyl (C=O) groups is 2. The molecule has 4 atom stereocenters. The molecule has 200 valence electrons. The average molecular weight is 506 g/mol. The molecule has 0 N–H and O–H groups in total. The average Bonchev–Trinajstić information content (AvgIpc) is 3.20. The number of carbonyl (C=O) groups excluding carboxylic acids is 2. The van der Waals surface area contributed by atoms with Crippen LogP contribution in [0.4, 0.5) is 0 Å². The van der Waals surface area contributed by atoms with E-state index in [-0.39, 0.29) is 17.7 Å². The van der Waals surface area contributed by atoms with E-state index in [9.17, 15) is 19.7 Å². The Balaban J connectivity index is 2.29. The molecule has 1 aromatic heterocycles. The van der Waals surface area contributed by atoms with Gasteiger partial charge in [-0.2, -0.15) is 0 Å². The van der Waals surface area contributed by atoms with Crippen molar-refractivity contribution in [3.05, 3.63) is 34.0 Å². The van der Waals surface area contributed by atoms with Crippen LogP contribution in [-0.4, -0.2) is 64.2 Å². The molecule has 1 amide bonds. The summed E-state index contributed by atoms with van der Waals surface area (Å²) in [5.41, 5.74) is -1.60. The normalized spacial score (nSPS) is 25.5. The zero-order chi connectivity index (χ0) is 26.8. The zero-order valence-electron chi connectivity index (χ0n) is 22.4. The molecule has 10 heteroatoms. The fourth-order valence-electron chi connectivity index (χ4n) is 5.66. The van der Waals surface area contributed by atoms with E-state index in [0.29, 0.717) is 18.4 Å². The lowest BCUT2D eigenvalue weighted by Crippen LogP contribution is -2.54. The first-order chi connectivity index (χ1) is 16.8. The first-order valence-electron chi connectivity index (χ1n) is 12.6. The molecule has 1 saturated carbocycles. The van der Waals surface area contributed by atoms with Gasteiger partial charge in [-0.05, 0) is 59.6 Å². The van der Waals surface area contributed by atoms with Crippen molar-refractivity contribution in [3.63, 3.8) is 0 Å². The summed E-state index contributed by atoms with van der Waals surface area (Å²) in [6, 6.07) is -0.352. The van der Waals surface area contributed by atoms with Crippen molar-refractivity contribution in [3.8, 4) is 5.88 Å². The standard InChI is InChI=1S/C26H39N3O7/c1-25(2,3)36-24(31)21-18(26(4,5)35-7)20(29(32)33)19(17-14-11-15-27-22(17)34-6)28(21)23(30)16-12-9-8-10-13-16/h11,14-16,18-21H,8-10,12-13H2,1-7H3/t18-,19-,20-,21-/m0/s1. The van der Waals surface area contributed by atoms with Gasteiger partial charge in [-0.1, -0.05) is 19.3 Å². The highest BCUT2D eigenvalue weighted by Gasteiger charge is 2.66. The number of hydrogen-bond acceptors (Lipinski definition) is 8. The van der Waals surface area contributed by atoms with Gasteiger partial charge < -0.3 is 19.1 Å². The van der Waals surface area contributed by atoms with Crippen LogP contribution in [0.15, 0.2) is 18.3 Å². The summed E-state index contributed by atoms with van der Waals surface area (Å²) >= 11 is 0. The molecular formula is C26H39N3O7. The smallest absolute Gasteiger partial charge is 0.330 e. The van der Waals surface area contributed by atoms with Crippen LogP contribution >= 0.6 is 0 Å². The molecule has 2 fully saturated rings. The first-order valence-corrected chi connectivity index (χ1v) is 12.6. The summed E-state index contributed by atoms with van der Waals surface area (Å²) in [5.74, 6) is -2.10. The summed E-state index contributed by atoms with van der Waals surface area (Å²) in [6.45, 7) is 8.61. The first kappa shape index (κ1) is 27.8. The molecule has 10 nitrogen and oxygen atoms in total. The molecule has 0 radical (unpaired) electrons. The van der Waals surface area contributed by atoms with E-state index >= 15 is 0 Å². The Morgan fingerprint density at radius 3 is 2.28 bits per heavy atom. The number of aromatic nitrogens is 1. The SMILES string of the molecule is COc1ncccc1[C@H]1[C@@H]([N+](=O)[O-])[C@H](C(C)(C)OC)[C@@H](C(=O)OC(C)(C)C)N1C(=O)C1CCCCC1. The largest absolute Gasteiger partial charge is 0.481 e. The highest BCUT2D eigenvalue weighted by Crippen LogP contribution is 2.50. The number of rotatable bonds is 7. The molecule has 0 bridgehead atoms. The number of pyridine rings is 1. The van der Waals surface area contributed by atoms with Crippen LogP contribution in [0, 0.1) is 22.0 Å². The Hall–Kier alpha value is -2.75. The van der Waals surface area contributed by atoms with Crippen LogP contribution in [0.1, 0.15) is 78.3 Å². The van der Waals surface area contributed by atoms with Crippen molar-refractivity contribution in [2.75, 3.05) is 14.2 Å². The number of amides is 1. The van der Waals surface area contributed by atoms with Crippen molar-refractivity contribution < 1.29 is 28.7 Å². The van der Waals surface area contributed by atoms with E-state index in [1.54, 1.807) is 46.8 Å². The topological polar surface area (TPSA) is 121 Å². The number of nitro groups is 1. The van der Waals surface area contributed by atoms with Gasteiger partial charge in [0.25, 0.3) is 0 Å². The molecule has 2 heterocycles. The fourth-order valence-corrected chi connectivity index (χ4v) is 5.66. The highest BCUT2D eigenvalue weighted by molar-refractivity contribution is 5.88. The summed E-state index contributed by atoms with van der Waals surface area (Å²) in [4.78, 5) is 46.0. The Bertz CT molecular complexity index is 969. The van der Waals surface area contributed by atoms with Crippen molar-refractivity contribution in [1.29, 1.82) is 0 Å². The van der Waals surface area contributed by atoms with Crippen LogP contribution in [0.2, 0.25) is 0 Å². The van der Waals surface area contributed by atoms with Gasteiger partial charge in [0.2, 0.25) is 17.8 Å². The predicted octanol–water partition coefficient (Wildman–Crippen LogP) is 3.95. The lowest BCUT2D eigenvalue weighted by molar-refractivity contribution is -0.537. The van der Waals surface area contributed by atoms with Gasteiger partial charge in [0.1, 0.15) is 17.7 Å². The molecule has 36 heavy (non-hydrogen) atoms. The maximum Gasteiger partial charge on any atom is 0.330 e. The summed E-state index contributed by atoms with van der Waals surface area (Å²) < 4.78 is 17.0. The molecular weight excluding hydrogens is 466 g/mol. The summed E-state index contributed by atoms with van der Waals surface area (Å²) in [6.07, 6.45) is 5.70. The lowest BCUT2D eigenvalue weighted by atomic mass is 9.79. The van der Waals surface area contributed by atoms with E-state index in [1.807, 2.05) is 0 Å². The number of methoxy groups -OCH3 is 2. The minimum atomic E-state index is -1.36. The van der Waals surface area contributed by atoms with Crippen LogP contribution in [0.25, 0.3) is 0 Å². The molecule has 0 aromatic carbocycles. The monoisotopic (exact) mass is 505 g/mol. The molecule has 1 aliphatic heterocycles. The van der Waals surface area contributed by atoms with Gasteiger partial charge in [-0.15, -0.1) is 0 Å². The number of ether oxygens (including phenoxy) is 3. The van der Waals surface area contributed by atoms with Crippen LogP contribution in [0.5, 0.6) is 5.88 Å². The second-order valence-electron chi connectivity index (χ2n) is 11.2. The third kappa shape index (κ3) is 5.48. The molecule has 1 saturated heterocycles. The maximum atomic E-state index is 14.2. The number of hydrogen-bond donors (Lipinski definition) is 0. The Labute approximate surface area is 212 Å². The van der Waals surface area contributed by atoms with Gasteiger partial charge >= 0.3 is 5.97 Å². The Kier molecular flexibility index (Phi) is 8.27. The molecule has 0 spiro atoms. The van der Waals surface area contributed by atoms with Crippen molar-refractivity contribution in [1.82, 2.24) is 9.88 Å². The molecule has 1 aromatic rings. The lowest BCUT2D eigenvalue weighted by Gasteiger charge is -2.37. The van der Waals surface area contributed by atoms with Gasteiger partial charge in [0, 0.05) is 29.7 Å². The zero-order valence-corrected chi connectivity index (χ0v) is 22.4. The maximum absolute atomic E-state index is 14.2. The fraction of sp³-hybridized carbons (Fsp3) is 0.731. The molecule has 0 unspecified atom stereocenters. The van der Waals surface area contributed by atoms with Gasteiger partial charge in [-0.3, -0.25) is 14.9 Å². The number of esters is 1. The van der Waals surface area contributed by atoms with E-state index in [0.717, 1.165) is 19.3 Å². The van der Waals surface area contributed by atoms with E-state index in [4.69, 9.17) is 14.2 Å². The quantitative estimate of drug-likeness (QED) is 0.310. The summed E-state index contributed by atoms with van der Waals surface area (Å²) in [5, 5.41) is 12.8. The van der Waals surface area contributed by atoms with E-state index in [2.05, 4.69) is 4.98 Å². The molecule has 1 aliphatic carbocycles. The predicted molar refractivity (Wildman–Crippen MR) is 132 cm³/mol. The van der Waals surface area contributed by atoms with E-state index < -0.39 is 46.1 Å². The van der Waals surface area contributed by atoms with Gasteiger partial charge in [-0.25, -0.2) is 9.78 Å². The minimum Gasteiger partial charge on any atom is -0.481 e. The van der Waals surface area contributed by atoms with E-state index in [1.165, 1.54) is 25.3 Å². The number of nitrogens with zero attached hydrogens (tertiary/aromatic N) is 3. The van der Waals surface area contributed by atoms with Crippen molar-refractivity contribution in [2.45, 2.75) is 96.1 Å². The van der Waals surface area contributed by atoms with Crippen LogP contribution in [-0.2, 0) is 19.1 Å². The minimum absolute atomic E-state index is 0.176. The summed E-state index contributed by atoms with van der Waals surface area (Å²) in [7, 11) is 2.88. The number of likely N-dealkylation sites (tertiary alicyclic amines) is 1. The Morgan fingerprint density at radius 1 is 1.11 bits per heavy atom. The van der Waals surface area contributed by atoms with Crippen molar-refractivity contribution in [2.24, 2.45) is 11.8 Å². The molecule has 2 aliphatic rings. The second kappa shape index (κ2) is 10.7. The molecule has 3 rings (SSSR count).